The normalized spacial score (nSPS) is 23.4. The molecule has 6 nitrogen and oxygen atoms in total. The Hall–Kier alpha value is -1.91. The van der Waals surface area contributed by atoms with Crippen LogP contribution in [0.4, 0.5) is 0 Å². The molecule has 0 saturated carbocycles. The molecule has 0 aliphatic carbocycles. The van der Waals surface area contributed by atoms with E-state index in [1.807, 2.05) is 6.07 Å². The minimum Gasteiger partial charge on any atom is -0.481 e. The van der Waals surface area contributed by atoms with E-state index < -0.39 is 21.9 Å². The first kappa shape index (κ1) is 14.5. The lowest BCUT2D eigenvalue weighted by molar-refractivity contribution is -0.142. The first-order chi connectivity index (χ1) is 9.37. The van der Waals surface area contributed by atoms with Gasteiger partial charge in [0.25, 0.3) is 0 Å². The maximum absolute atomic E-state index is 12.5. The highest BCUT2D eigenvalue weighted by Crippen LogP contribution is 2.29. The second-order valence-electron chi connectivity index (χ2n) is 4.85. The number of benzene rings is 1. The van der Waals surface area contributed by atoms with Crippen LogP contribution in [0.15, 0.2) is 29.2 Å². The van der Waals surface area contributed by atoms with E-state index in [1.165, 1.54) is 12.1 Å². The van der Waals surface area contributed by atoms with Crippen molar-refractivity contribution >= 4 is 16.0 Å². The fourth-order valence-electron chi connectivity index (χ4n) is 2.36. The van der Waals surface area contributed by atoms with Crippen molar-refractivity contribution < 1.29 is 18.3 Å². The molecule has 20 heavy (non-hydrogen) atoms. The molecule has 2 unspecified atom stereocenters. The molecule has 1 fully saturated rings. The van der Waals surface area contributed by atoms with Gasteiger partial charge in [0.1, 0.15) is 6.07 Å². The number of hydrogen-bond donors (Lipinski definition) is 1. The number of sulfonamides is 1. The monoisotopic (exact) mass is 294 g/mol. The lowest BCUT2D eigenvalue weighted by atomic mass is 9.99. The van der Waals surface area contributed by atoms with E-state index in [2.05, 4.69) is 0 Å². The minimum absolute atomic E-state index is 0.0569. The quantitative estimate of drug-likeness (QED) is 0.893. The summed E-state index contributed by atoms with van der Waals surface area (Å²) in [5, 5.41) is 18.1. The van der Waals surface area contributed by atoms with Crippen molar-refractivity contribution in [3.63, 3.8) is 0 Å². The Morgan fingerprint density at radius 1 is 1.40 bits per heavy atom. The van der Waals surface area contributed by atoms with Gasteiger partial charge in [0, 0.05) is 13.1 Å². The molecule has 0 aromatic heterocycles. The summed E-state index contributed by atoms with van der Waals surface area (Å²) in [6.07, 6.45) is 0. The molecule has 1 N–H and O–H groups in total. The maximum Gasteiger partial charge on any atom is 0.308 e. The largest absolute Gasteiger partial charge is 0.481 e. The summed E-state index contributed by atoms with van der Waals surface area (Å²) >= 11 is 0. The zero-order valence-corrected chi connectivity index (χ0v) is 11.7. The fraction of sp³-hybridized carbons (Fsp3) is 0.385. The van der Waals surface area contributed by atoms with Gasteiger partial charge in [-0.05, 0) is 18.1 Å². The minimum atomic E-state index is -3.83. The molecule has 1 aromatic carbocycles. The Kier molecular flexibility index (Phi) is 3.79. The average Bonchev–Trinajstić information content (AvgIpc) is 2.81. The van der Waals surface area contributed by atoms with Crippen molar-refractivity contribution in [3.8, 4) is 6.07 Å². The zero-order valence-electron chi connectivity index (χ0n) is 10.9. The van der Waals surface area contributed by atoms with Gasteiger partial charge in [-0.2, -0.15) is 9.57 Å². The highest BCUT2D eigenvalue weighted by Gasteiger charge is 2.41. The van der Waals surface area contributed by atoms with Gasteiger partial charge in [0.2, 0.25) is 10.0 Å². The van der Waals surface area contributed by atoms with Gasteiger partial charge in [-0.1, -0.05) is 19.1 Å². The van der Waals surface area contributed by atoms with E-state index in [0.29, 0.717) is 0 Å². The van der Waals surface area contributed by atoms with Crippen LogP contribution in [0.25, 0.3) is 0 Å². The van der Waals surface area contributed by atoms with Crippen LogP contribution in [0.1, 0.15) is 12.5 Å². The topological polar surface area (TPSA) is 98.5 Å². The number of nitrogens with zero attached hydrogens (tertiary/aromatic N) is 2. The molecule has 0 amide bonds. The van der Waals surface area contributed by atoms with Gasteiger partial charge in [-0.25, -0.2) is 8.42 Å². The highest BCUT2D eigenvalue weighted by atomic mass is 32.2. The first-order valence-corrected chi connectivity index (χ1v) is 7.54. The van der Waals surface area contributed by atoms with Gasteiger partial charge >= 0.3 is 5.97 Å². The van der Waals surface area contributed by atoms with Crippen LogP contribution in [0.3, 0.4) is 0 Å². The van der Waals surface area contributed by atoms with Crippen molar-refractivity contribution in [2.45, 2.75) is 11.8 Å². The van der Waals surface area contributed by atoms with E-state index in [4.69, 9.17) is 10.4 Å². The van der Waals surface area contributed by atoms with Crippen molar-refractivity contribution in [3.05, 3.63) is 29.8 Å². The van der Waals surface area contributed by atoms with Crippen LogP contribution in [-0.4, -0.2) is 36.9 Å². The Balaban J connectivity index is 2.38. The van der Waals surface area contributed by atoms with Crippen molar-refractivity contribution in [2.75, 3.05) is 13.1 Å². The van der Waals surface area contributed by atoms with E-state index in [1.54, 1.807) is 19.1 Å². The molecule has 1 heterocycles. The lowest BCUT2D eigenvalue weighted by Crippen LogP contribution is -2.30. The average molecular weight is 294 g/mol. The third kappa shape index (κ3) is 2.40. The van der Waals surface area contributed by atoms with Crippen LogP contribution < -0.4 is 0 Å². The standard InChI is InChI=1S/C13H14N2O4S/c1-9-7-15(8-11(9)13(16)17)20(18,19)12-5-3-2-4-10(12)6-14/h2-5,9,11H,7-8H2,1H3,(H,16,17). The zero-order chi connectivity index (χ0) is 14.9. The number of aliphatic carboxylic acids is 1. The summed E-state index contributed by atoms with van der Waals surface area (Å²) in [4.78, 5) is 11.0. The Labute approximate surface area is 117 Å². The van der Waals surface area contributed by atoms with Crippen molar-refractivity contribution in [2.24, 2.45) is 11.8 Å². The van der Waals surface area contributed by atoms with Crippen LogP contribution >= 0.6 is 0 Å². The molecule has 1 aliphatic heterocycles. The maximum atomic E-state index is 12.5. The van der Waals surface area contributed by atoms with Gasteiger partial charge in [-0.3, -0.25) is 4.79 Å². The molecule has 2 rings (SSSR count). The number of nitriles is 1. The Morgan fingerprint density at radius 3 is 2.60 bits per heavy atom. The van der Waals surface area contributed by atoms with E-state index >= 15 is 0 Å². The van der Waals surface area contributed by atoms with Gasteiger partial charge in [-0.15, -0.1) is 0 Å². The second-order valence-corrected chi connectivity index (χ2v) is 6.76. The Bertz CT molecular complexity index is 678. The lowest BCUT2D eigenvalue weighted by Gasteiger charge is -2.16. The molecule has 1 aliphatic rings. The fourth-order valence-corrected chi connectivity index (χ4v) is 4.07. The van der Waals surface area contributed by atoms with Gasteiger partial charge in [0.05, 0.1) is 16.4 Å². The molecular formula is C13H14N2O4S. The number of carboxylic acids is 1. The molecule has 7 heteroatoms. The van der Waals surface area contributed by atoms with E-state index in [9.17, 15) is 13.2 Å². The van der Waals surface area contributed by atoms with E-state index in [0.717, 1.165) is 4.31 Å². The predicted molar refractivity (Wildman–Crippen MR) is 70.2 cm³/mol. The third-order valence-electron chi connectivity index (χ3n) is 3.52. The van der Waals surface area contributed by atoms with Crippen molar-refractivity contribution in [1.29, 1.82) is 5.26 Å². The SMILES string of the molecule is CC1CN(S(=O)(=O)c2ccccc2C#N)CC1C(=O)O. The molecule has 1 saturated heterocycles. The molecule has 0 radical (unpaired) electrons. The van der Waals surface area contributed by atoms with Crippen LogP contribution in [0, 0.1) is 23.2 Å². The van der Waals surface area contributed by atoms with Crippen LogP contribution in [0.2, 0.25) is 0 Å². The summed E-state index contributed by atoms with van der Waals surface area (Å²) in [5.74, 6) is -1.96. The van der Waals surface area contributed by atoms with Gasteiger partial charge < -0.3 is 5.11 Å². The van der Waals surface area contributed by atoms with E-state index in [-0.39, 0.29) is 29.5 Å². The van der Waals surface area contributed by atoms with Crippen LogP contribution in [-0.2, 0) is 14.8 Å². The number of hydrogen-bond acceptors (Lipinski definition) is 4. The van der Waals surface area contributed by atoms with Crippen LogP contribution in [0.5, 0.6) is 0 Å². The third-order valence-corrected chi connectivity index (χ3v) is 5.41. The van der Waals surface area contributed by atoms with Gasteiger partial charge in [0.15, 0.2) is 0 Å². The molecule has 106 valence electrons. The van der Waals surface area contributed by atoms with Crippen molar-refractivity contribution in [1.82, 2.24) is 4.31 Å². The number of rotatable bonds is 3. The second kappa shape index (κ2) is 5.23. The summed E-state index contributed by atoms with van der Waals surface area (Å²) < 4.78 is 26.2. The molecule has 0 bridgehead atoms. The summed E-state index contributed by atoms with van der Waals surface area (Å²) in [5.41, 5.74) is 0.0685. The summed E-state index contributed by atoms with van der Waals surface area (Å²) in [6.45, 7) is 1.81. The number of carboxylic acid groups (broad SMARTS) is 1. The first-order valence-electron chi connectivity index (χ1n) is 6.10. The molecule has 2 atom stereocenters. The highest BCUT2D eigenvalue weighted by molar-refractivity contribution is 7.89. The number of carbonyl (C=O) groups is 1. The predicted octanol–water partition coefficient (Wildman–Crippen LogP) is 0.899. The molecule has 0 spiro atoms. The summed E-state index contributed by atoms with van der Waals surface area (Å²) in [6, 6.07) is 7.78. The Morgan fingerprint density at radius 2 is 2.05 bits per heavy atom. The smallest absolute Gasteiger partial charge is 0.308 e. The molecule has 1 aromatic rings. The summed E-state index contributed by atoms with van der Waals surface area (Å²) in [7, 11) is -3.83. The molecular weight excluding hydrogens is 280 g/mol.